The van der Waals surface area contributed by atoms with E-state index in [0.29, 0.717) is 28.6 Å². The second-order valence-electron chi connectivity index (χ2n) is 6.30. The summed E-state index contributed by atoms with van der Waals surface area (Å²) in [7, 11) is 0. The number of aryl methyl sites for hydroxylation is 1. The molecule has 2 aromatic rings. The molecule has 7 heteroatoms. The van der Waals surface area contributed by atoms with E-state index in [0.717, 1.165) is 16.0 Å². The van der Waals surface area contributed by atoms with Crippen LogP contribution in [0.3, 0.4) is 0 Å². The minimum Gasteiger partial charge on any atom is -0.492 e. The number of carbonyl (C=O) groups excluding carboxylic acids is 3. The molecule has 1 saturated heterocycles. The minimum absolute atomic E-state index is 0.152. The van der Waals surface area contributed by atoms with Crippen molar-refractivity contribution in [2.45, 2.75) is 20.8 Å². The number of nitrogens with zero attached hydrogens (tertiary/aromatic N) is 1. The van der Waals surface area contributed by atoms with Gasteiger partial charge in [0.15, 0.2) is 0 Å². The lowest BCUT2D eigenvalue weighted by Gasteiger charge is -2.28. The summed E-state index contributed by atoms with van der Waals surface area (Å²) in [5, 5.41) is 2.59. The molecule has 0 unspecified atom stereocenters. The number of amides is 4. The summed E-state index contributed by atoms with van der Waals surface area (Å²) in [5.74, 6) is -0.924. The summed E-state index contributed by atoms with van der Waals surface area (Å²) >= 11 is 6.18. The molecule has 1 heterocycles. The molecule has 0 aliphatic carbocycles. The molecule has 0 radical (unpaired) electrons. The second-order valence-corrected chi connectivity index (χ2v) is 6.71. The lowest BCUT2D eigenvalue weighted by molar-refractivity contribution is -0.122. The zero-order chi connectivity index (χ0) is 20.4. The van der Waals surface area contributed by atoms with Crippen LogP contribution in [0.25, 0.3) is 6.08 Å². The average Bonchev–Trinajstić information content (AvgIpc) is 2.64. The molecule has 1 fully saturated rings. The van der Waals surface area contributed by atoms with Crippen molar-refractivity contribution in [1.29, 1.82) is 0 Å². The monoisotopic (exact) mass is 398 g/mol. The molecule has 1 aliphatic rings. The van der Waals surface area contributed by atoms with Crippen LogP contribution in [0, 0.1) is 13.8 Å². The van der Waals surface area contributed by atoms with E-state index in [-0.39, 0.29) is 5.57 Å². The van der Waals surface area contributed by atoms with E-state index < -0.39 is 17.8 Å². The van der Waals surface area contributed by atoms with Gasteiger partial charge in [0.2, 0.25) is 0 Å². The molecule has 6 nitrogen and oxygen atoms in total. The van der Waals surface area contributed by atoms with Gasteiger partial charge < -0.3 is 4.74 Å². The molecule has 2 aromatic carbocycles. The number of benzene rings is 2. The molecule has 28 heavy (non-hydrogen) atoms. The van der Waals surface area contributed by atoms with E-state index in [4.69, 9.17) is 16.3 Å². The van der Waals surface area contributed by atoms with E-state index in [1.807, 2.05) is 26.8 Å². The van der Waals surface area contributed by atoms with Crippen LogP contribution >= 0.6 is 11.6 Å². The number of anilines is 1. The highest BCUT2D eigenvalue weighted by Crippen LogP contribution is 2.29. The molecule has 0 atom stereocenters. The summed E-state index contributed by atoms with van der Waals surface area (Å²) in [5.41, 5.74) is 2.54. The third-order valence-corrected chi connectivity index (χ3v) is 4.78. The van der Waals surface area contributed by atoms with Crippen LogP contribution in [0.5, 0.6) is 5.75 Å². The first kappa shape index (κ1) is 19.6. The number of imide groups is 2. The Labute approximate surface area is 167 Å². The molecule has 144 valence electrons. The normalized spacial score (nSPS) is 15.8. The van der Waals surface area contributed by atoms with Crippen LogP contribution < -0.4 is 15.0 Å². The third kappa shape index (κ3) is 3.64. The first-order valence-corrected chi connectivity index (χ1v) is 9.11. The van der Waals surface area contributed by atoms with E-state index in [1.165, 1.54) is 6.08 Å². The summed E-state index contributed by atoms with van der Waals surface area (Å²) in [6.07, 6.45) is 1.41. The Morgan fingerprint density at radius 2 is 1.89 bits per heavy atom. The van der Waals surface area contributed by atoms with E-state index in [1.54, 1.807) is 30.3 Å². The van der Waals surface area contributed by atoms with Gasteiger partial charge in [0.1, 0.15) is 11.3 Å². The predicted molar refractivity (Wildman–Crippen MR) is 108 cm³/mol. The topological polar surface area (TPSA) is 75.7 Å². The number of hydrogen-bond acceptors (Lipinski definition) is 4. The van der Waals surface area contributed by atoms with Gasteiger partial charge in [-0.3, -0.25) is 14.9 Å². The Bertz CT molecular complexity index is 1010. The highest BCUT2D eigenvalue weighted by molar-refractivity contribution is 6.39. The quantitative estimate of drug-likeness (QED) is 0.623. The number of nitrogens with one attached hydrogen (secondary N) is 1. The average molecular weight is 399 g/mol. The summed E-state index contributed by atoms with van der Waals surface area (Å²) in [4.78, 5) is 38.6. The highest BCUT2D eigenvalue weighted by Gasteiger charge is 2.37. The SMILES string of the molecule is CCOc1ccc(/C=C2\C(=O)NC(=O)N(c3cccc(C)c3C)C2=O)cc1Cl. The predicted octanol–water partition coefficient (Wildman–Crippen LogP) is 4.02. The van der Waals surface area contributed by atoms with Crippen LogP contribution in [0.1, 0.15) is 23.6 Å². The Morgan fingerprint density at radius 3 is 2.57 bits per heavy atom. The van der Waals surface area contributed by atoms with Crippen LogP contribution in [-0.4, -0.2) is 24.5 Å². The first-order chi connectivity index (χ1) is 13.3. The molecule has 0 saturated carbocycles. The Kier molecular flexibility index (Phi) is 5.51. The molecular formula is C21H19ClN2O4. The van der Waals surface area contributed by atoms with E-state index >= 15 is 0 Å². The molecule has 0 aromatic heterocycles. The standard InChI is InChI=1S/C21H19ClN2O4/c1-4-28-18-9-8-14(11-16(18)22)10-15-19(25)23-21(27)24(20(15)26)17-7-5-6-12(2)13(17)3/h5-11H,4H2,1-3H3,(H,23,25,27)/b15-10+. The summed E-state index contributed by atoms with van der Waals surface area (Å²) in [6, 6.07) is 9.48. The first-order valence-electron chi connectivity index (χ1n) is 8.73. The van der Waals surface area contributed by atoms with Crippen molar-refractivity contribution < 1.29 is 19.1 Å². The van der Waals surface area contributed by atoms with Crippen molar-refractivity contribution in [2.75, 3.05) is 11.5 Å². The number of halogens is 1. The molecule has 0 bridgehead atoms. The number of carbonyl (C=O) groups is 3. The lowest BCUT2D eigenvalue weighted by atomic mass is 10.0. The lowest BCUT2D eigenvalue weighted by Crippen LogP contribution is -2.54. The Hall–Kier alpha value is -3.12. The van der Waals surface area contributed by atoms with Crippen molar-refractivity contribution in [2.24, 2.45) is 0 Å². The molecular weight excluding hydrogens is 380 g/mol. The number of urea groups is 1. The number of rotatable bonds is 4. The van der Waals surface area contributed by atoms with Gasteiger partial charge in [-0.2, -0.15) is 0 Å². The second kappa shape index (κ2) is 7.86. The van der Waals surface area contributed by atoms with E-state index in [9.17, 15) is 14.4 Å². The van der Waals surface area contributed by atoms with Crippen molar-refractivity contribution in [1.82, 2.24) is 5.32 Å². The fourth-order valence-electron chi connectivity index (χ4n) is 2.90. The molecule has 3 rings (SSSR count). The molecule has 4 amide bonds. The van der Waals surface area contributed by atoms with Gasteiger partial charge in [-0.15, -0.1) is 0 Å². The van der Waals surface area contributed by atoms with Gasteiger partial charge in [0, 0.05) is 0 Å². The van der Waals surface area contributed by atoms with E-state index in [2.05, 4.69) is 5.32 Å². The smallest absolute Gasteiger partial charge is 0.335 e. The highest BCUT2D eigenvalue weighted by atomic mass is 35.5. The summed E-state index contributed by atoms with van der Waals surface area (Å²) in [6.45, 7) is 6.01. The molecule has 1 N–H and O–H groups in total. The fourth-order valence-corrected chi connectivity index (χ4v) is 3.14. The van der Waals surface area contributed by atoms with Crippen molar-refractivity contribution in [3.63, 3.8) is 0 Å². The largest absolute Gasteiger partial charge is 0.492 e. The van der Waals surface area contributed by atoms with Crippen molar-refractivity contribution >= 4 is 41.2 Å². The Balaban J connectivity index is 2.01. The van der Waals surface area contributed by atoms with Gasteiger partial charge in [-0.25, -0.2) is 9.69 Å². The number of barbiturate groups is 1. The van der Waals surface area contributed by atoms with Crippen molar-refractivity contribution in [3.05, 3.63) is 63.7 Å². The van der Waals surface area contributed by atoms with Crippen LogP contribution in [0.4, 0.5) is 10.5 Å². The van der Waals surface area contributed by atoms with Crippen LogP contribution in [0.2, 0.25) is 5.02 Å². The maximum absolute atomic E-state index is 13.0. The van der Waals surface area contributed by atoms with Crippen LogP contribution in [0.15, 0.2) is 42.0 Å². The maximum atomic E-state index is 13.0. The van der Waals surface area contributed by atoms with Gasteiger partial charge >= 0.3 is 6.03 Å². The van der Waals surface area contributed by atoms with Gasteiger partial charge in [0.25, 0.3) is 11.8 Å². The maximum Gasteiger partial charge on any atom is 0.335 e. The van der Waals surface area contributed by atoms with Gasteiger partial charge in [0.05, 0.1) is 17.3 Å². The zero-order valence-corrected chi connectivity index (χ0v) is 16.5. The molecule has 1 aliphatic heterocycles. The Morgan fingerprint density at radius 1 is 1.14 bits per heavy atom. The van der Waals surface area contributed by atoms with Gasteiger partial charge in [-0.1, -0.05) is 29.8 Å². The zero-order valence-electron chi connectivity index (χ0n) is 15.7. The van der Waals surface area contributed by atoms with Crippen LogP contribution in [-0.2, 0) is 9.59 Å². The summed E-state index contributed by atoms with van der Waals surface area (Å²) < 4.78 is 5.39. The number of ether oxygens (including phenoxy) is 1. The number of hydrogen-bond donors (Lipinski definition) is 1. The van der Waals surface area contributed by atoms with Gasteiger partial charge in [-0.05, 0) is 61.7 Å². The minimum atomic E-state index is -0.773. The fraction of sp³-hybridized carbons (Fsp3) is 0.190. The third-order valence-electron chi connectivity index (χ3n) is 4.49. The van der Waals surface area contributed by atoms with Crippen molar-refractivity contribution in [3.8, 4) is 5.75 Å². The molecule has 0 spiro atoms.